The van der Waals surface area contributed by atoms with Crippen molar-refractivity contribution in [1.29, 1.82) is 0 Å². The van der Waals surface area contributed by atoms with Crippen LogP contribution >= 0.6 is 0 Å². The van der Waals surface area contributed by atoms with Gasteiger partial charge in [-0.15, -0.1) is 5.10 Å². The fourth-order valence-corrected chi connectivity index (χ4v) is 3.84. The van der Waals surface area contributed by atoms with Crippen LogP contribution in [-0.4, -0.2) is 25.8 Å². The lowest BCUT2D eigenvalue weighted by atomic mass is 10.1. The highest BCUT2D eigenvalue weighted by Crippen LogP contribution is 2.25. The van der Waals surface area contributed by atoms with E-state index in [1.54, 1.807) is 23.1 Å². The minimum atomic E-state index is -1.09. The summed E-state index contributed by atoms with van der Waals surface area (Å²) in [4.78, 5) is 16.2. The average Bonchev–Trinajstić information content (AvgIpc) is 3.63. The van der Waals surface area contributed by atoms with Crippen molar-refractivity contribution in [2.45, 2.75) is 33.6 Å². The first-order chi connectivity index (χ1) is 18.0. The molecule has 3 aromatic heterocycles. The van der Waals surface area contributed by atoms with E-state index >= 15 is 0 Å². The molecule has 0 bridgehead atoms. The van der Waals surface area contributed by atoms with Gasteiger partial charge in [0, 0.05) is 6.20 Å². The number of oxazole rings is 1. The number of aromatic carboxylic acids is 1. The van der Waals surface area contributed by atoms with Crippen molar-refractivity contribution in [2.24, 2.45) is 0 Å². The molecule has 0 aliphatic carbocycles. The summed E-state index contributed by atoms with van der Waals surface area (Å²) in [5.41, 5.74) is 3.48. The lowest BCUT2D eigenvalue weighted by molar-refractivity contribution is 0.0691. The van der Waals surface area contributed by atoms with Gasteiger partial charge < -0.3 is 23.4 Å². The van der Waals surface area contributed by atoms with E-state index in [2.05, 4.69) is 10.1 Å². The Kier molecular flexibility index (Phi) is 6.76. The number of ether oxygens (including phenoxy) is 2. The van der Waals surface area contributed by atoms with Crippen molar-refractivity contribution < 1.29 is 28.2 Å². The number of carbonyl (C=O) groups is 1. The molecule has 2 aromatic carbocycles. The van der Waals surface area contributed by atoms with Crippen molar-refractivity contribution in [1.82, 2.24) is 14.8 Å². The third-order valence-electron chi connectivity index (χ3n) is 5.75. The number of carboxylic acid groups (broad SMARTS) is 1. The topological polar surface area (TPSA) is 113 Å². The number of hydrogen-bond donors (Lipinski definition) is 1. The second-order valence-corrected chi connectivity index (χ2v) is 8.51. The second kappa shape index (κ2) is 10.4. The Balaban J connectivity index is 1.22. The van der Waals surface area contributed by atoms with Gasteiger partial charge in [-0.1, -0.05) is 36.4 Å². The molecule has 0 atom stereocenters. The fraction of sp³-hybridized carbons (Fsp3) is 0.179. The van der Waals surface area contributed by atoms with Crippen LogP contribution in [0.15, 0.2) is 82.0 Å². The first-order valence-corrected chi connectivity index (χ1v) is 11.7. The van der Waals surface area contributed by atoms with Crippen LogP contribution in [0.1, 0.15) is 38.5 Å². The van der Waals surface area contributed by atoms with Crippen LogP contribution in [0, 0.1) is 13.8 Å². The quantitative estimate of drug-likeness (QED) is 0.262. The molecule has 37 heavy (non-hydrogen) atoms. The van der Waals surface area contributed by atoms with Gasteiger partial charge in [0.05, 0.1) is 12.8 Å². The summed E-state index contributed by atoms with van der Waals surface area (Å²) < 4.78 is 24.4. The summed E-state index contributed by atoms with van der Waals surface area (Å²) in [6, 6.07) is 18.9. The molecule has 9 heteroatoms. The Morgan fingerprint density at radius 1 is 1.00 bits per heavy atom. The van der Waals surface area contributed by atoms with E-state index in [0.717, 1.165) is 16.7 Å². The molecule has 3 heterocycles. The molecule has 5 aromatic rings. The molecule has 1 N–H and O–H groups in total. The maximum Gasteiger partial charge on any atom is 0.342 e. The van der Waals surface area contributed by atoms with Crippen LogP contribution in [0.2, 0.25) is 0 Å². The Morgan fingerprint density at radius 3 is 2.57 bits per heavy atom. The van der Waals surface area contributed by atoms with E-state index in [1.807, 2.05) is 62.4 Å². The number of aromatic nitrogens is 3. The van der Waals surface area contributed by atoms with Gasteiger partial charge in [-0.25, -0.2) is 9.78 Å². The first kappa shape index (κ1) is 23.9. The molecule has 0 fully saturated rings. The number of rotatable bonds is 10. The van der Waals surface area contributed by atoms with Gasteiger partial charge in [-0.2, -0.15) is 0 Å². The Hall–Kier alpha value is -4.79. The molecule has 0 aliphatic heterocycles. The van der Waals surface area contributed by atoms with Crippen molar-refractivity contribution in [2.75, 3.05) is 0 Å². The number of carboxylic acids is 1. The highest BCUT2D eigenvalue weighted by molar-refractivity contribution is 5.89. The van der Waals surface area contributed by atoms with Gasteiger partial charge in [-0.3, -0.25) is 4.68 Å². The van der Waals surface area contributed by atoms with Crippen molar-refractivity contribution >= 4 is 5.97 Å². The standard InChI is InChI=1S/C28H25N3O6/c1-18-13-21(10-11-24(18)35-17-23-19(2)37-27(29-23)25-9-6-12-34-25)16-36-26-22(28(32)33)15-31(30-26)14-20-7-4-3-5-8-20/h3-13,15H,14,16-17H2,1-2H3,(H,32,33). The molecular formula is C28H25N3O6. The number of benzene rings is 2. The molecule has 0 amide bonds. The van der Waals surface area contributed by atoms with Gasteiger partial charge in [-0.05, 0) is 54.8 Å². The van der Waals surface area contributed by atoms with Gasteiger partial charge in [0.2, 0.25) is 5.88 Å². The maximum absolute atomic E-state index is 11.7. The molecule has 0 saturated heterocycles. The molecule has 0 aliphatic rings. The lowest BCUT2D eigenvalue weighted by Crippen LogP contribution is -2.03. The van der Waals surface area contributed by atoms with Crippen molar-refractivity contribution in [3.8, 4) is 23.3 Å². The molecule has 0 saturated carbocycles. The predicted molar refractivity (Wildman–Crippen MR) is 134 cm³/mol. The zero-order valence-corrected chi connectivity index (χ0v) is 20.4. The van der Waals surface area contributed by atoms with E-state index < -0.39 is 5.97 Å². The molecule has 0 spiro atoms. The summed E-state index contributed by atoms with van der Waals surface area (Å²) in [6.45, 7) is 4.62. The molecular weight excluding hydrogens is 474 g/mol. The van der Waals surface area contributed by atoms with Crippen LogP contribution in [0.3, 0.4) is 0 Å². The van der Waals surface area contributed by atoms with Crippen LogP contribution < -0.4 is 9.47 Å². The summed E-state index contributed by atoms with van der Waals surface area (Å²) in [6.07, 6.45) is 3.05. The third-order valence-corrected chi connectivity index (χ3v) is 5.75. The number of hydrogen-bond acceptors (Lipinski definition) is 7. The fourth-order valence-electron chi connectivity index (χ4n) is 3.84. The van der Waals surface area contributed by atoms with E-state index in [1.165, 1.54) is 6.20 Å². The summed E-state index contributed by atoms with van der Waals surface area (Å²) in [5.74, 6) is 1.32. The predicted octanol–water partition coefficient (Wildman–Crippen LogP) is 5.65. The van der Waals surface area contributed by atoms with Gasteiger partial charge in [0.1, 0.15) is 36.0 Å². The van der Waals surface area contributed by atoms with E-state index in [4.69, 9.17) is 18.3 Å². The highest BCUT2D eigenvalue weighted by Gasteiger charge is 2.18. The monoisotopic (exact) mass is 499 g/mol. The summed E-state index contributed by atoms with van der Waals surface area (Å²) >= 11 is 0. The number of aryl methyl sites for hydroxylation is 2. The second-order valence-electron chi connectivity index (χ2n) is 8.51. The molecule has 0 unspecified atom stereocenters. The third kappa shape index (κ3) is 5.56. The van der Waals surface area contributed by atoms with Gasteiger partial charge in [0.25, 0.3) is 5.89 Å². The largest absolute Gasteiger partial charge is 0.487 e. The Labute approximate surface area is 212 Å². The highest BCUT2D eigenvalue weighted by atomic mass is 16.5. The zero-order valence-electron chi connectivity index (χ0n) is 20.4. The van der Waals surface area contributed by atoms with Crippen molar-refractivity contribution in [3.05, 3.63) is 107 Å². The van der Waals surface area contributed by atoms with Crippen LogP contribution in [-0.2, 0) is 19.8 Å². The van der Waals surface area contributed by atoms with Crippen LogP contribution in [0.25, 0.3) is 11.7 Å². The van der Waals surface area contributed by atoms with E-state index in [-0.39, 0.29) is 24.7 Å². The van der Waals surface area contributed by atoms with Crippen LogP contribution in [0.4, 0.5) is 0 Å². The maximum atomic E-state index is 11.7. The molecule has 5 rings (SSSR count). The summed E-state index contributed by atoms with van der Waals surface area (Å²) in [5, 5.41) is 13.9. The van der Waals surface area contributed by atoms with E-state index in [0.29, 0.717) is 35.4 Å². The van der Waals surface area contributed by atoms with Gasteiger partial charge >= 0.3 is 5.97 Å². The Bertz CT molecular complexity index is 1500. The normalized spacial score (nSPS) is 11.0. The van der Waals surface area contributed by atoms with E-state index in [9.17, 15) is 9.90 Å². The number of nitrogens with zero attached hydrogens (tertiary/aromatic N) is 3. The first-order valence-electron chi connectivity index (χ1n) is 11.7. The zero-order chi connectivity index (χ0) is 25.8. The average molecular weight is 500 g/mol. The summed E-state index contributed by atoms with van der Waals surface area (Å²) in [7, 11) is 0. The molecule has 188 valence electrons. The van der Waals surface area contributed by atoms with Crippen molar-refractivity contribution in [3.63, 3.8) is 0 Å². The number of furan rings is 1. The lowest BCUT2D eigenvalue weighted by Gasteiger charge is -2.10. The minimum absolute atomic E-state index is 0.0181. The molecule has 9 nitrogen and oxygen atoms in total. The van der Waals surface area contributed by atoms with Gasteiger partial charge in [0.15, 0.2) is 5.76 Å². The van der Waals surface area contributed by atoms with Crippen LogP contribution in [0.5, 0.6) is 11.6 Å². The molecule has 0 radical (unpaired) electrons. The Morgan fingerprint density at radius 2 is 1.84 bits per heavy atom. The smallest absolute Gasteiger partial charge is 0.342 e. The SMILES string of the molecule is Cc1cc(COc2nn(Cc3ccccc3)cc2C(=O)O)ccc1OCc1nc(-c2ccco2)oc1C. The minimum Gasteiger partial charge on any atom is -0.487 e.